The van der Waals surface area contributed by atoms with Gasteiger partial charge in [0.2, 0.25) is 0 Å². The number of nitrogens with one attached hydrogen (secondary N) is 1. The van der Waals surface area contributed by atoms with E-state index in [1.54, 1.807) is 19.1 Å². The molecular weight excluding hydrogens is 271 g/mol. The number of aliphatic hydroxyl groups excluding tert-OH is 1. The zero-order chi connectivity index (χ0) is 15.2. The van der Waals surface area contributed by atoms with Crippen molar-refractivity contribution < 1.29 is 14.3 Å². The zero-order valence-corrected chi connectivity index (χ0v) is 11.4. The maximum atomic E-state index is 13.4. The van der Waals surface area contributed by atoms with Crippen LogP contribution in [0.15, 0.2) is 36.7 Å². The number of hydrogen-bond acceptors (Lipinski definition) is 3. The highest BCUT2D eigenvalue weighted by atomic mass is 19.1. The maximum Gasteiger partial charge on any atom is 0.257 e. The molecule has 2 aromatic rings. The van der Waals surface area contributed by atoms with Crippen molar-refractivity contribution in [1.29, 1.82) is 0 Å². The standard InChI is InChI=1S/C16H13FN2O2/c1-11-14(17)5-2-6-15(11)19-16(21)13-8-12(4-3-7-20)9-18-10-13/h2,5-6,8-10,20H,7H2,1H3,(H,19,21). The molecule has 1 amide bonds. The molecule has 0 fully saturated rings. The predicted octanol–water partition coefficient (Wildman–Crippen LogP) is 2.13. The molecule has 0 radical (unpaired) electrons. The second kappa shape index (κ2) is 6.64. The Morgan fingerprint density at radius 1 is 1.43 bits per heavy atom. The van der Waals surface area contributed by atoms with Gasteiger partial charge in [-0.3, -0.25) is 9.78 Å². The summed E-state index contributed by atoms with van der Waals surface area (Å²) in [6, 6.07) is 6.04. The van der Waals surface area contributed by atoms with Crippen LogP contribution >= 0.6 is 0 Å². The third-order valence-corrected chi connectivity index (χ3v) is 2.83. The Hall–Kier alpha value is -2.71. The lowest BCUT2D eigenvalue weighted by Crippen LogP contribution is -2.13. The average Bonchev–Trinajstić information content (AvgIpc) is 2.50. The van der Waals surface area contributed by atoms with Crippen molar-refractivity contribution >= 4 is 11.6 Å². The average molecular weight is 284 g/mol. The Morgan fingerprint density at radius 2 is 2.24 bits per heavy atom. The third kappa shape index (κ3) is 3.65. The van der Waals surface area contributed by atoms with E-state index < -0.39 is 5.91 Å². The molecule has 0 atom stereocenters. The Bertz CT molecular complexity index is 733. The molecule has 106 valence electrons. The van der Waals surface area contributed by atoms with Crippen molar-refractivity contribution in [2.75, 3.05) is 11.9 Å². The zero-order valence-electron chi connectivity index (χ0n) is 11.4. The third-order valence-electron chi connectivity index (χ3n) is 2.83. The van der Waals surface area contributed by atoms with Crippen molar-refractivity contribution in [3.63, 3.8) is 0 Å². The molecule has 2 N–H and O–H groups in total. The van der Waals surface area contributed by atoms with Crippen LogP contribution in [0.2, 0.25) is 0 Å². The van der Waals surface area contributed by atoms with Crippen molar-refractivity contribution in [3.05, 3.63) is 59.2 Å². The summed E-state index contributed by atoms with van der Waals surface area (Å²) in [5.74, 6) is 4.37. The number of carbonyl (C=O) groups excluding carboxylic acids is 1. The predicted molar refractivity (Wildman–Crippen MR) is 77.3 cm³/mol. The van der Waals surface area contributed by atoms with Crippen LogP contribution < -0.4 is 5.32 Å². The van der Waals surface area contributed by atoms with Crippen molar-refractivity contribution in [2.45, 2.75) is 6.92 Å². The highest BCUT2D eigenvalue weighted by Gasteiger charge is 2.10. The topological polar surface area (TPSA) is 62.2 Å². The normalized spacial score (nSPS) is 9.67. The fourth-order valence-corrected chi connectivity index (χ4v) is 1.71. The van der Waals surface area contributed by atoms with Crippen LogP contribution in [0.1, 0.15) is 21.5 Å². The van der Waals surface area contributed by atoms with Gasteiger partial charge in [0.05, 0.1) is 5.56 Å². The minimum Gasteiger partial charge on any atom is -0.384 e. The van der Waals surface area contributed by atoms with Gasteiger partial charge in [0.1, 0.15) is 12.4 Å². The van der Waals surface area contributed by atoms with E-state index >= 15 is 0 Å². The van der Waals surface area contributed by atoms with E-state index in [1.807, 2.05) is 0 Å². The first-order chi connectivity index (χ1) is 10.1. The number of amides is 1. The first kappa shape index (κ1) is 14.7. The van der Waals surface area contributed by atoms with Crippen LogP contribution in [0.3, 0.4) is 0 Å². The van der Waals surface area contributed by atoms with Gasteiger partial charge in [-0.2, -0.15) is 0 Å². The summed E-state index contributed by atoms with van der Waals surface area (Å²) < 4.78 is 13.4. The van der Waals surface area contributed by atoms with E-state index in [9.17, 15) is 9.18 Å². The highest BCUT2D eigenvalue weighted by Crippen LogP contribution is 2.18. The number of aromatic nitrogens is 1. The molecule has 1 heterocycles. The van der Waals surface area contributed by atoms with E-state index in [-0.39, 0.29) is 12.4 Å². The second-order valence-corrected chi connectivity index (χ2v) is 4.29. The van der Waals surface area contributed by atoms with Gasteiger partial charge in [-0.25, -0.2) is 4.39 Å². The molecule has 1 aromatic carbocycles. The number of carbonyl (C=O) groups is 1. The van der Waals surface area contributed by atoms with Gasteiger partial charge >= 0.3 is 0 Å². The van der Waals surface area contributed by atoms with Gasteiger partial charge in [0.15, 0.2) is 0 Å². The van der Waals surface area contributed by atoms with Gasteiger partial charge < -0.3 is 10.4 Å². The number of hydrogen-bond donors (Lipinski definition) is 2. The fraction of sp³-hybridized carbons (Fsp3) is 0.125. The lowest BCUT2D eigenvalue weighted by molar-refractivity contribution is 0.102. The van der Waals surface area contributed by atoms with Gasteiger partial charge in [-0.1, -0.05) is 17.9 Å². The number of halogens is 1. The molecule has 0 aliphatic rings. The van der Waals surface area contributed by atoms with Crippen LogP contribution in [0, 0.1) is 24.6 Å². The largest absolute Gasteiger partial charge is 0.384 e. The molecule has 1 aromatic heterocycles. The number of anilines is 1. The summed E-state index contributed by atoms with van der Waals surface area (Å²) in [5.41, 5.74) is 1.61. The first-order valence-electron chi connectivity index (χ1n) is 6.23. The van der Waals surface area contributed by atoms with Gasteiger partial charge in [-0.15, -0.1) is 0 Å². The van der Waals surface area contributed by atoms with Crippen molar-refractivity contribution in [1.82, 2.24) is 4.98 Å². The highest BCUT2D eigenvalue weighted by molar-refractivity contribution is 6.04. The summed E-state index contributed by atoms with van der Waals surface area (Å²) in [6.45, 7) is 1.32. The van der Waals surface area contributed by atoms with E-state index in [2.05, 4.69) is 22.1 Å². The van der Waals surface area contributed by atoms with Crippen LogP contribution in [-0.2, 0) is 0 Å². The molecule has 21 heavy (non-hydrogen) atoms. The number of benzene rings is 1. The smallest absolute Gasteiger partial charge is 0.257 e. The van der Waals surface area contributed by atoms with Crippen molar-refractivity contribution in [2.24, 2.45) is 0 Å². The molecule has 0 saturated heterocycles. The molecule has 4 nitrogen and oxygen atoms in total. The second-order valence-electron chi connectivity index (χ2n) is 4.29. The summed E-state index contributed by atoms with van der Waals surface area (Å²) in [4.78, 5) is 16.1. The number of aliphatic hydroxyl groups is 1. The van der Waals surface area contributed by atoms with Crippen LogP contribution in [0.4, 0.5) is 10.1 Å². The summed E-state index contributed by atoms with van der Waals surface area (Å²) in [7, 11) is 0. The first-order valence-corrected chi connectivity index (χ1v) is 6.23. The van der Waals surface area contributed by atoms with E-state index in [0.717, 1.165) is 0 Å². The maximum absolute atomic E-state index is 13.4. The number of rotatable bonds is 2. The molecule has 0 aliphatic carbocycles. The van der Waals surface area contributed by atoms with Gasteiger partial charge in [0.25, 0.3) is 5.91 Å². The van der Waals surface area contributed by atoms with Crippen LogP contribution in [-0.4, -0.2) is 22.6 Å². The minimum atomic E-state index is -0.399. The number of nitrogens with zero attached hydrogens (tertiary/aromatic N) is 1. The van der Waals surface area contributed by atoms with E-state index in [4.69, 9.17) is 5.11 Å². The van der Waals surface area contributed by atoms with Crippen LogP contribution in [0.25, 0.3) is 0 Å². The molecule has 0 aliphatic heterocycles. The van der Waals surface area contributed by atoms with Crippen molar-refractivity contribution in [3.8, 4) is 11.8 Å². The lowest BCUT2D eigenvalue weighted by Gasteiger charge is -2.08. The van der Waals surface area contributed by atoms with E-state index in [1.165, 1.54) is 24.5 Å². The molecular formula is C16H13FN2O2. The van der Waals surface area contributed by atoms with Crippen LogP contribution in [0.5, 0.6) is 0 Å². The molecule has 5 heteroatoms. The Labute approximate surface area is 121 Å². The molecule has 0 saturated carbocycles. The molecule has 0 bridgehead atoms. The molecule has 0 unspecified atom stereocenters. The summed E-state index contributed by atoms with van der Waals surface area (Å²) in [6.07, 6.45) is 2.89. The van der Waals surface area contributed by atoms with Gasteiger partial charge in [-0.05, 0) is 25.1 Å². The summed E-state index contributed by atoms with van der Waals surface area (Å²) >= 11 is 0. The van der Waals surface area contributed by atoms with Gasteiger partial charge in [0, 0.05) is 29.2 Å². The Morgan fingerprint density at radius 3 is 3.00 bits per heavy atom. The SMILES string of the molecule is Cc1c(F)cccc1NC(=O)c1cncc(C#CCO)c1. The van der Waals surface area contributed by atoms with E-state index in [0.29, 0.717) is 22.4 Å². The molecule has 2 rings (SSSR count). The lowest BCUT2D eigenvalue weighted by atomic mass is 10.1. The Balaban J connectivity index is 2.22. The number of pyridine rings is 1. The quantitative estimate of drug-likeness (QED) is 0.830. The monoisotopic (exact) mass is 284 g/mol. The summed E-state index contributed by atoms with van der Waals surface area (Å²) in [5, 5.41) is 11.3. The molecule has 0 spiro atoms. The Kier molecular flexibility index (Phi) is 4.64. The fourth-order valence-electron chi connectivity index (χ4n) is 1.71. The minimum absolute atomic E-state index is 0.265.